The van der Waals surface area contributed by atoms with Gasteiger partial charge in [0.15, 0.2) is 0 Å². The number of rotatable bonds is 5. The summed E-state index contributed by atoms with van der Waals surface area (Å²) in [6.45, 7) is 1.45. The van der Waals surface area contributed by atoms with Gasteiger partial charge in [-0.1, -0.05) is 18.2 Å². The summed E-state index contributed by atoms with van der Waals surface area (Å²) in [5, 5.41) is 23.5. The molecule has 0 spiro atoms. The average Bonchev–Trinajstić information content (AvgIpc) is 2.80. The molecule has 1 heterocycles. The standard InChI is InChI=1S/C14H15NO5S2/c1-8-11(14(17)18)7-12(21-8)10-4-2-3-9(5-6-16)13(10)22(15,19)20/h2-4,7,16H,5-6H2,1H3,(H,17,18)(H2,15,19,20). The topological polar surface area (TPSA) is 118 Å². The Balaban J connectivity index is 2.73. The van der Waals surface area contributed by atoms with E-state index in [0.29, 0.717) is 20.9 Å². The van der Waals surface area contributed by atoms with Crippen molar-refractivity contribution in [3.8, 4) is 10.4 Å². The van der Waals surface area contributed by atoms with Gasteiger partial charge in [-0.15, -0.1) is 11.3 Å². The monoisotopic (exact) mass is 341 g/mol. The number of benzene rings is 1. The molecule has 4 N–H and O–H groups in total. The number of aromatic carboxylic acids is 1. The van der Waals surface area contributed by atoms with E-state index < -0.39 is 16.0 Å². The van der Waals surface area contributed by atoms with Crippen molar-refractivity contribution in [2.75, 3.05) is 6.61 Å². The third kappa shape index (κ3) is 3.20. The number of nitrogens with two attached hydrogens (primary N) is 1. The van der Waals surface area contributed by atoms with Crippen LogP contribution in [0.25, 0.3) is 10.4 Å². The van der Waals surface area contributed by atoms with Gasteiger partial charge in [0.1, 0.15) is 0 Å². The molecular weight excluding hydrogens is 326 g/mol. The van der Waals surface area contributed by atoms with Gasteiger partial charge in [0.2, 0.25) is 10.0 Å². The van der Waals surface area contributed by atoms with E-state index in [9.17, 15) is 13.2 Å². The Morgan fingerprint density at radius 2 is 2.05 bits per heavy atom. The highest BCUT2D eigenvalue weighted by Gasteiger charge is 2.22. The molecule has 6 nitrogen and oxygen atoms in total. The van der Waals surface area contributed by atoms with Gasteiger partial charge in [-0.05, 0) is 25.0 Å². The van der Waals surface area contributed by atoms with Crippen LogP contribution in [0.2, 0.25) is 0 Å². The summed E-state index contributed by atoms with van der Waals surface area (Å²) in [7, 11) is -4.01. The first-order valence-electron chi connectivity index (χ1n) is 6.35. The van der Waals surface area contributed by atoms with E-state index in [4.69, 9.17) is 15.4 Å². The SMILES string of the molecule is Cc1sc(-c2cccc(CCO)c2S(N)(=O)=O)cc1C(=O)O. The van der Waals surface area contributed by atoms with E-state index >= 15 is 0 Å². The number of carboxylic acids is 1. The first-order valence-corrected chi connectivity index (χ1v) is 8.71. The molecule has 22 heavy (non-hydrogen) atoms. The van der Waals surface area contributed by atoms with Crippen LogP contribution in [0.1, 0.15) is 20.8 Å². The molecular formula is C14H15NO5S2. The Morgan fingerprint density at radius 1 is 1.36 bits per heavy atom. The molecule has 0 saturated heterocycles. The number of aryl methyl sites for hydroxylation is 1. The normalized spacial score (nSPS) is 11.6. The quantitative estimate of drug-likeness (QED) is 0.763. The van der Waals surface area contributed by atoms with Gasteiger partial charge in [-0.2, -0.15) is 0 Å². The Hall–Kier alpha value is -1.74. The average molecular weight is 341 g/mol. The van der Waals surface area contributed by atoms with E-state index in [1.807, 2.05) is 0 Å². The van der Waals surface area contributed by atoms with Crippen molar-refractivity contribution in [3.63, 3.8) is 0 Å². The molecule has 0 aliphatic carbocycles. The van der Waals surface area contributed by atoms with E-state index in [1.165, 1.54) is 17.4 Å². The summed E-state index contributed by atoms with van der Waals surface area (Å²) in [6, 6.07) is 6.26. The van der Waals surface area contributed by atoms with Crippen LogP contribution in [-0.2, 0) is 16.4 Å². The second kappa shape index (κ2) is 6.17. The smallest absolute Gasteiger partial charge is 0.336 e. The second-order valence-corrected chi connectivity index (χ2v) is 7.45. The number of sulfonamides is 1. The van der Waals surface area contributed by atoms with Gasteiger partial charge < -0.3 is 10.2 Å². The van der Waals surface area contributed by atoms with Crippen molar-refractivity contribution in [1.82, 2.24) is 0 Å². The van der Waals surface area contributed by atoms with Gasteiger partial charge in [0.25, 0.3) is 0 Å². The number of aliphatic hydroxyl groups excluding tert-OH is 1. The Morgan fingerprint density at radius 3 is 2.55 bits per heavy atom. The lowest BCUT2D eigenvalue weighted by Crippen LogP contribution is -2.16. The predicted molar refractivity (Wildman–Crippen MR) is 83.6 cm³/mol. The fourth-order valence-corrected chi connectivity index (χ4v) is 4.39. The van der Waals surface area contributed by atoms with Crippen LogP contribution in [-0.4, -0.2) is 31.2 Å². The molecule has 0 amide bonds. The molecule has 0 aliphatic rings. The third-order valence-electron chi connectivity index (χ3n) is 3.18. The molecule has 0 radical (unpaired) electrons. The molecule has 0 fully saturated rings. The zero-order valence-corrected chi connectivity index (χ0v) is 13.4. The van der Waals surface area contributed by atoms with Gasteiger partial charge in [-0.3, -0.25) is 0 Å². The zero-order valence-electron chi connectivity index (χ0n) is 11.7. The van der Waals surface area contributed by atoms with Crippen LogP contribution < -0.4 is 5.14 Å². The lowest BCUT2D eigenvalue weighted by atomic mass is 10.1. The van der Waals surface area contributed by atoms with Crippen LogP contribution in [0.3, 0.4) is 0 Å². The van der Waals surface area contributed by atoms with E-state index in [2.05, 4.69) is 0 Å². The van der Waals surface area contributed by atoms with Gasteiger partial charge in [0, 0.05) is 21.9 Å². The highest BCUT2D eigenvalue weighted by atomic mass is 32.2. The van der Waals surface area contributed by atoms with Gasteiger partial charge in [0.05, 0.1) is 10.5 Å². The van der Waals surface area contributed by atoms with Gasteiger partial charge >= 0.3 is 5.97 Å². The fraction of sp³-hybridized carbons (Fsp3) is 0.214. The summed E-state index contributed by atoms with van der Waals surface area (Å²) >= 11 is 1.19. The van der Waals surface area contributed by atoms with Crippen LogP contribution in [0.4, 0.5) is 0 Å². The third-order valence-corrected chi connectivity index (χ3v) is 5.31. The maximum Gasteiger partial charge on any atom is 0.336 e. The van der Waals surface area contributed by atoms with Crippen molar-refractivity contribution in [1.29, 1.82) is 0 Å². The Bertz CT molecular complexity index is 824. The number of primary sulfonamides is 1. The van der Waals surface area contributed by atoms with Crippen molar-refractivity contribution < 1.29 is 23.4 Å². The summed E-state index contributed by atoms with van der Waals surface area (Å²) in [5.41, 5.74) is 0.896. The minimum absolute atomic E-state index is 0.0674. The van der Waals surface area contributed by atoms with Crippen LogP contribution in [0.5, 0.6) is 0 Å². The number of carbonyl (C=O) groups is 1. The molecule has 0 atom stereocenters. The van der Waals surface area contributed by atoms with Crippen molar-refractivity contribution in [3.05, 3.63) is 40.3 Å². The van der Waals surface area contributed by atoms with Gasteiger partial charge in [-0.25, -0.2) is 18.4 Å². The molecule has 1 aromatic heterocycles. The molecule has 0 unspecified atom stereocenters. The number of aliphatic hydroxyl groups is 1. The number of thiophene rings is 1. The van der Waals surface area contributed by atoms with Crippen molar-refractivity contribution in [2.24, 2.45) is 5.14 Å². The van der Waals surface area contributed by atoms with Crippen LogP contribution >= 0.6 is 11.3 Å². The molecule has 0 aliphatic heterocycles. The molecule has 118 valence electrons. The van der Waals surface area contributed by atoms with E-state index in [-0.39, 0.29) is 23.5 Å². The Labute approximate surface area is 131 Å². The van der Waals surface area contributed by atoms with Crippen LogP contribution in [0.15, 0.2) is 29.2 Å². The minimum Gasteiger partial charge on any atom is -0.478 e. The zero-order chi connectivity index (χ0) is 16.5. The van der Waals surface area contributed by atoms with Crippen molar-refractivity contribution in [2.45, 2.75) is 18.2 Å². The first kappa shape index (κ1) is 16.6. The first-order chi connectivity index (χ1) is 10.3. The molecule has 2 aromatic rings. The highest BCUT2D eigenvalue weighted by Crippen LogP contribution is 2.36. The molecule has 8 heteroatoms. The number of hydrogen-bond acceptors (Lipinski definition) is 5. The van der Waals surface area contributed by atoms with Crippen LogP contribution in [0, 0.1) is 6.92 Å². The second-order valence-electron chi connectivity index (χ2n) is 4.70. The minimum atomic E-state index is -4.01. The lowest BCUT2D eigenvalue weighted by Gasteiger charge is -2.11. The number of hydrogen-bond donors (Lipinski definition) is 3. The van der Waals surface area contributed by atoms with Crippen molar-refractivity contribution >= 4 is 27.3 Å². The summed E-state index contributed by atoms with van der Waals surface area (Å²) in [5.74, 6) is -1.07. The predicted octanol–water partition coefficient (Wildman–Crippen LogP) is 1.60. The maximum atomic E-state index is 11.9. The molecule has 1 aromatic carbocycles. The molecule has 0 bridgehead atoms. The summed E-state index contributed by atoms with van der Waals surface area (Å²) in [6.07, 6.45) is 0.149. The lowest BCUT2D eigenvalue weighted by molar-refractivity contribution is 0.0697. The fourth-order valence-electron chi connectivity index (χ4n) is 2.26. The molecule has 0 saturated carbocycles. The van der Waals surface area contributed by atoms with E-state index in [0.717, 1.165) is 0 Å². The maximum absolute atomic E-state index is 11.9. The number of carboxylic acid groups (broad SMARTS) is 1. The largest absolute Gasteiger partial charge is 0.478 e. The molecule has 2 rings (SSSR count). The van der Waals surface area contributed by atoms with E-state index in [1.54, 1.807) is 25.1 Å². The Kier molecular flexibility index (Phi) is 4.66. The summed E-state index contributed by atoms with van der Waals surface area (Å²) < 4.78 is 23.9. The highest BCUT2D eigenvalue weighted by molar-refractivity contribution is 7.89. The summed E-state index contributed by atoms with van der Waals surface area (Å²) in [4.78, 5) is 12.2.